The van der Waals surface area contributed by atoms with Crippen LogP contribution >= 0.6 is 0 Å². The molecule has 0 bridgehead atoms. The SMILES string of the molecule is NN(C(=O)c1ccc([N+](=O)[O-])o1)C1=Nc2ccccc2OC1. The second kappa shape index (κ2) is 5.30. The number of hydrogen-bond acceptors (Lipinski definition) is 7. The molecular formula is C13H10N4O5. The predicted octanol–water partition coefficient (Wildman–Crippen LogP) is 1.63. The fourth-order valence-corrected chi connectivity index (χ4v) is 1.89. The van der Waals surface area contributed by atoms with Crippen molar-refractivity contribution in [2.45, 2.75) is 0 Å². The van der Waals surface area contributed by atoms with Gasteiger partial charge >= 0.3 is 11.8 Å². The molecule has 0 saturated carbocycles. The largest absolute Gasteiger partial charge is 0.483 e. The van der Waals surface area contributed by atoms with Crippen molar-refractivity contribution in [1.82, 2.24) is 5.01 Å². The Balaban J connectivity index is 1.84. The number of nitro groups is 1. The molecule has 1 aromatic carbocycles. The normalized spacial score (nSPS) is 12.9. The maximum atomic E-state index is 12.1. The van der Waals surface area contributed by atoms with Gasteiger partial charge in [0, 0.05) is 0 Å². The summed E-state index contributed by atoms with van der Waals surface area (Å²) >= 11 is 0. The predicted molar refractivity (Wildman–Crippen MR) is 74.8 cm³/mol. The number of hydrogen-bond donors (Lipinski definition) is 1. The van der Waals surface area contributed by atoms with Crippen LogP contribution in [0.2, 0.25) is 0 Å². The van der Waals surface area contributed by atoms with E-state index in [9.17, 15) is 14.9 Å². The van der Waals surface area contributed by atoms with Gasteiger partial charge in [0.2, 0.25) is 5.76 Å². The van der Waals surface area contributed by atoms with Crippen LogP contribution < -0.4 is 10.6 Å². The van der Waals surface area contributed by atoms with Gasteiger partial charge in [-0.2, -0.15) is 0 Å². The molecule has 0 fully saturated rings. The smallest absolute Gasteiger partial charge is 0.433 e. The standard InChI is InChI=1S/C13H10N4O5/c14-16(13(18)10-5-6-12(22-10)17(19)20)11-7-21-9-4-2-1-3-8(9)15-11/h1-6H,7,14H2. The molecule has 0 radical (unpaired) electrons. The zero-order valence-electron chi connectivity index (χ0n) is 11.1. The van der Waals surface area contributed by atoms with Crippen LogP contribution in [-0.2, 0) is 0 Å². The topological polar surface area (TPSA) is 124 Å². The minimum atomic E-state index is -0.755. The molecule has 0 saturated heterocycles. The quantitative estimate of drug-likeness (QED) is 0.389. The van der Waals surface area contributed by atoms with Gasteiger partial charge in [-0.05, 0) is 18.2 Å². The average Bonchev–Trinajstić information content (AvgIpc) is 3.03. The molecule has 1 aromatic heterocycles. The highest BCUT2D eigenvalue weighted by Crippen LogP contribution is 2.30. The molecule has 112 valence electrons. The summed E-state index contributed by atoms with van der Waals surface area (Å²) in [5.41, 5.74) is 0.539. The summed E-state index contributed by atoms with van der Waals surface area (Å²) in [4.78, 5) is 26.2. The summed E-state index contributed by atoms with van der Waals surface area (Å²) in [5, 5.41) is 11.3. The summed E-state index contributed by atoms with van der Waals surface area (Å²) in [6, 6.07) is 9.28. The first kappa shape index (κ1) is 13.8. The van der Waals surface area contributed by atoms with Crippen LogP contribution in [0, 0.1) is 10.1 Å². The van der Waals surface area contributed by atoms with Gasteiger partial charge in [-0.1, -0.05) is 12.1 Å². The fourth-order valence-electron chi connectivity index (χ4n) is 1.89. The van der Waals surface area contributed by atoms with Crippen LogP contribution in [-0.4, -0.2) is 28.3 Å². The third kappa shape index (κ3) is 2.40. The highest BCUT2D eigenvalue weighted by atomic mass is 16.6. The van der Waals surface area contributed by atoms with E-state index < -0.39 is 16.7 Å². The molecule has 1 amide bonds. The number of carbonyl (C=O) groups is 1. The van der Waals surface area contributed by atoms with E-state index in [1.165, 1.54) is 6.07 Å². The van der Waals surface area contributed by atoms with E-state index in [2.05, 4.69) is 4.99 Å². The molecule has 9 nitrogen and oxygen atoms in total. The Morgan fingerprint density at radius 1 is 1.32 bits per heavy atom. The lowest BCUT2D eigenvalue weighted by Crippen LogP contribution is -2.45. The summed E-state index contributed by atoms with van der Waals surface area (Å²) in [6.45, 7) is 0.00204. The Kier molecular flexibility index (Phi) is 3.31. The molecule has 22 heavy (non-hydrogen) atoms. The second-order valence-corrected chi connectivity index (χ2v) is 4.35. The molecule has 1 aliphatic rings. The van der Waals surface area contributed by atoms with E-state index in [-0.39, 0.29) is 18.2 Å². The molecule has 0 unspecified atom stereocenters. The number of carbonyl (C=O) groups excluding carboxylic acids is 1. The zero-order valence-corrected chi connectivity index (χ0v) is 11.1. The van der Waals surface area contributed by atoms with E-state index in [1.54, 1.807) is 24.3 Å². The van der Waals surface area contributed by atoms with Crippen LogP contribution in [0.4, 0.5) is 11.6 Å². The van der Waals surface area contributed by atoms with Crippen molar-refractivity contribution in [2.75, 3.05) is 6.61 Å². The molecule has 1 aliphatic heterocycles. The van der Waals surface area contributed by atoms with Gasteiger partial charge in [0.1, 0.15) is 23.0 Å². The van der Waals surface area contributed by atoms with Gasteiger partial charge < -0.3 is 9.15 Å². The van der Waals surface area contributed by atoms with Gasteiger partial charge in [-0.3, -0.25) is 14.9 Å². The highest BCUT2D eigenvalue weighted by Gasteiger charge is 2.26. The third-order valence-corrected chi connectivity index (χ3v) is 2.95. The third-order valence-electron chi connectivity index (χ3n) is 2.95. The first-order chi connectivity index (χ1) is 10.6. The highest BCUT2D eigenvalue weighted by molar-refractivity contribution is 6.06. The Morgan fingerprint density at radius 3 is 2.82 bits per heavy atom. The molecule has 2 aromatic rings. The number of ether oxygens (including phenoxy) is 1. The van der Waals surface area contributed by atoms with Gasteiger partial charge in [0.05, 0.1) is 6.07 Å². The number of para-hydroxylation sites is 2. The number of rotatable bonds is 2. The summed E-state index contributed by atoms with van der Waals surface area (Å²) in [7, 11) is 0. The summed E-state index contributed by atoms with van der Waals surface area (Å²) in [6.07, 6.45) is 0. The molecule has 2 N–H and O–H groups in total. The van der Waals surface area contributed by atoms with Crippen molar-refractivity contribution in [3.05, 3.63) is 52.3 Å². The number of hydrazine groups is 1. The number of amidine groups is 1. The molecule has 3 rings (SSSR count). The first-order valence-corrected chi connectivity index (χ1v) is 6.19. The maximum absolute atomic E-state index is 12.1. The summed E-state index contributed by atoms with van der Waals surface area (Å²) < 4.78 is 10.3. The number of amides is 1. The van der Waals surface area contributed by atoms with Crippen LogP contribution in [0.3, 0.4) is 0 Å². The lowest BCUT2D eigenvalue weighted by Gasteiger charge is -2.22. The Labute approximate surface area is 123 Å². The van der Waals surface area contributed by atoms with Crippen LogP contribution in [0.1, 0.15) is 10.6 Å². The van der Waals surface area contributed by atoms with Gasteiger partial charge in [-0.15, -0.1) is 0 Å². The van der Waals surface area contributed by atoms with E-state index in [0.717, 1.165) is 11.1 Å². The first-order valence-electron chi connectivity index (χ1n) is 6.19. The Morgan fingerprint density at radius 2 is 2.09 bits per heavy atom. The number of furan rings is 1. The van der Waals surface area contributed by atoms with E-state index >= 15 is 0 Å². The number of nitrogens with two attached hydrogens (primary N) is 1. The number of benzene rings is 1. The minimum Gasteiger partial charge on any atom is -0.483 e. The van der Waals surface area contributed by atoms with E-state index in [0.29, 0.717) is 11.4 Å². The zero-order chi connectivity index (χ0) is 15.7. The van der Waals surface area contributed by atoms with Crippen molar-refractivity contribution in [2.24, 2.45) is 10.8 Å². The number of nitrogens with zero attached hydrogens (tertiary/aromatic N) is 3. The van der Waals surface area contributed by atoms with Crippen LogP contribution in [0.5, 0.6) is 5.75 Å². The number of fused-ring (bicyclic) bond motifs is 1. The van der Waals surface area contributed by atoms with Crippen molar-refractivity contribution in [1.29, 1.82) is 0 Å². The molecule has 0 atom stereocenters. The van der Waals surface area contributed by atoms with Crippen LogP contribution in [0.15, 0.2) is 45.8 Å². The average molecular weight is 302 g/mol. The second-order valence-electron chi connectivity index (χ2n) is 4.35. The van der Waals surface area contributed by atoms with E-state index in [1.807, 2.05) is 0 Å². The number of aliphatic imine (C=N–C) groups is 1. The van der Waals surface area contributed by atoms with E-state index in [4.69, 9.17) is 15.0 Å². The molecule has 9 heteroatoms. The lowest BCUT2D eigenvalue weighted by atomic mass is 10.3. The maximum Gasteiger partial charge on any atom is 0.433 e. The van der Waals surface area contributed by atoms with Crippen molar-refractivity contribution in [3.8, 4) is 5.75 Å². The van der Waals surface area contributed by atoms with Gasteiger partial charge in [0.25, 0.3) is 0 Å². The van der Waals surface area contributed by atoms with Crippen LogP contribution in [0.25, 0.3) is 0 Å². The van der Waals surface area contributed by atoms with Crippen molar-refractivity contribution in [3.63, 3.8) is 0 Å². The molecule has 2 heterocycles. The molecule has 0 aliphatic carbocycles. The minimum absolute atomic E-state index is 0.00204. The van der Waals surface area contributed by atoms with Gasteiger partial charge in [-0.25, -0.2) is 15.8 Å². The molecular weight excluding hydrogens is 292 g/mol. The van der Waals surface area contributed by atoms with Gasteiger partial charge in [0.15, 0.2) is 5.84 Å². The lowest BCUT2D eigenvalue weighted by molar-refractivity contribution is -0.402. The molecule has 0 spiro atoms. The summed E-state index contributed by atoms with van der Waals surface area (Å²) in [5.74, 6) is 4.92. The van der Waals surface area contributed by atoms with Crippen molar-refractivity contribution < 1.29 is 18.9 Å². The fraction of sp³-hybridized carbons (Fsp3) is 0.0769. The van der Waals surface area contributed by atoms with Crippen molar-refractivity contribution >= 4 is 23.3 Å². The monoisotopic (exact) mass is 302 g/mol. The Hall–Kier alpha value is -3.20. The Bertz CT molecular complexity index is 782.